The molecule has 0 bridgehead atoms. The molecule has 0 saturated heterocycles. The fourth-order valence-corrected chi connectivity index (χ4v) is 11.1. The number of ether oxygens (including phenoxy) is 3. The maximum Gasteiger partial charge on any atom is 0.231 e. The first kappa shape index (κ1) is 35.4. The van der Waals surface area contributed by atoms with E-state index in [1.54, 1.807) is 19.1 Å². The van der Waals surface area contributed by atoms with E-state index in [-0.39, 0.29) is 55.1 Å². The number of hydrogen-bond acceptors (Lipinski definition) is 6. The minimum atomic E-state index is -2.45. The lowest BCUT2D eigenvalue weighted by Crippen LogP contribution is -2.55. The highest BCUT2D eigenvalue weighted by atomic mass is 28.3. The van der Waals surface area contributed by atoms with Gasteiger partial charge in [0.15, 0.2) is 0 Å². The van der Waals surface area contributed by atoms with E-state index in [1.165, 1.54) is 5.19 Å². The molecule has 2 aliphatic rings. The number of aliphatic hydroxyl groups is 1. The first-order valence-electron chi connectivity index (χ1n) is 17.5. The molecule has 4 aromatic carbocycles. The molecule has 0 aromatic heterocycles. The molecule has 0 fully saturated rings. The van der Waals surface area contributed by atoms with Crippen LogP contribution in [0.25, 0.3) is 0 Å². The molecule has 2 heterocycles. The van der Waals surface area contributed by atoms with Crippen LogP contribution in [0, 0.1) is 5.92 Å². The van der Waals surface area contributed by atoms with Crippen molar-refractivity contribution in [3.8, 4) is 11.5 Å². The molecule has 262 valence electrons. The largest absolute Gasteiger partial charge is 0.497 e. The molecule has 8 nitrogen and oxygen atoms in total. The van der Waals surface area contributed by atoms with Gasteiger partial charge in [-0.05, 0) is 53.9 Å². The van der Waals surface area contributed by atoms with Gasteiger partial charge in [-0.15, -0.1) is 0 Å². The third-order valence-electron chi connectivity index (χ3n) is 10.7. The van der Waals surface area contributed by atoms with Gasteiger partial charge in [0.05, 0.1) is 33.6 Å². The Balaban J connectivity index is 1.37. The van der Waals surface area contributed by atoms with Gasteiger partial charge in [-0.3, -0.25) is 14.5 Å². The summed E-state index contributed by atoms with van der Waals surface area (Å²) >= 11 is 0. The number of fused-ring (bicyclic) bond motifs is 2. The van der Waals surface area contributed by atoms with Crippen molar-refractivity contribution >= 4 is 36.4 Å². The summed E-state index contributed by atoms with van der Waals surface area (Å²) in [7, 11) is 0.932. The highest BCUT2D eigenvalue weighted by molar-refractivity contribution is 6.91. The second-order valence-electron chi connectivity index (χ2n) is 14.0. The molecule has 50 heavy (non-hydrogen) atoms. The number of aliphatic hydroxyl groups excluding tert-OH is 1. The molecule has 2 amide bonds. The van der Waals surface area contributed by atoms with Gasteiger partial charge in [0, 0.05) is 55.8 Å². The second kappa shape index (κ2) is 15.2. The molecular formula is C41H48N2O6Si. The zero-order chi connectivity index (χ0) is 35.4. The van der Waals surface area contributed by atoms with E-state index < -0.39 is 8.07 Å². The molecule has 4 atom stereocenters. The molecule has 0 saturated carbocycles. The monoisotopic (exact) mass is 692 g/mol. The Labute approximate surface area is 296 Å². The Kier molecular flexibility index (Phi) is 10.8. The lowest BCUT2D eigenvalue weighted by Gasteiger charge is -2.46. The van der Waals surface area contributed by atoms with Crippen LogP contribution in [0.3, 0.4) is 0 Å². The topological polar surface area (TPSA) is 88.5 Å². The van der Waals surface area contributed by atoms with Gasteiger partial charge < -0.3 is 24.2 Å². The van der Waals surface area contributed by atoms with Gasteiger partial charge in [0.2, 0.25) is 11.8 Å². The average molecular weight is 693 g/mol. The van der Waals surface area contributed by atoms with Gasteiger partial charge in [-0.2, -0.15) is 0 Å². The summed E-state index contributed by atoms with van der Waals surface area (Å²) in [6, 6.07) is 32.1. The zero-order valence-corrected chi connectivity index (χ0v) is 30.7. The molecule has 9 heteroatoms. The van der Waals surface area contributed by atoms with E-state index in [0.717, 1.165) is 40.2 Å². The number of rotatable bonds is 12. The van der Waals surface area contributed by atoms with Crippen LogP contribution in [0.5, 0.6) is 11.5 Å². The van der Waals surface area contributed by atoms with E-state index in [4.69, 9.17) is 14.2 Å². The van der Waals surface area contributed by atoms with E-state index in [0.29, 0.717) is 18.7 Å². The summed E-state index contributed by atoms with van der Waals surface area (Å²) in [6.07, 6.45) is 0.783. The predicted octanol–water partition coefficient (Wildman–Crippen LogP) is 6.79. The molecule has 0 spiro atoms. The summed E-state index contributed by atoms with van der Waals surface area (Å²) in [5.41, 5.74) is 4.62. The number of amides is 2. The zero-order valence-electron chi connectivity index (χ0n) is 29.7. The molecule has 0 radical (unpaired) electrons. The van der Waals surface area contributed by atoms with Gasteiger partial charge in [-0.25, -0.2) is 0 Å². The Morgan fingerprint density at radius 1 is 0.980 bits per heavy atom. The Bertz CT molecular complexity index is 1800. The van der Waals surface area contributed by atoms with Crippen molar-refractivity contribution in [2.75, 3.05) is 32.3 Å². The van der Waals surface area contributed by atoms with Crippen molar-refractivity contribution in [3.05, 3.63) is 114 Å². The van der Waals surface area contributed by atoms with Crippen molar-refractivity contribution in [1.82, 2.24) is 4.90 Å². The highest BCUT2D eigenvalue weighted by Crippen LogP contribution is 2.49. The van der Waals surface area contributed by atoms with Gasteiger partial charge in [0.1, 0.15) is 17.6 Å². The van der Waals surface area contributed by atoms with E-state index in [9.17, 15) is 14.7 Å². The number of hydrogen-bond donors (Lipinski definition) is 1. The molecule has 4 aromatic rings. The maximum atomic E-state index is 14.3. The van der Waals surface area contributed by atoms with Crippen LogP contribution in [-0.2, 0) is 27.3 Å². The predicted molar refractivity (Wildman–Crippen MR) is 199 cm³/mol. The lowest BCUT2D eigenvalue weighted by atomic mass is 9.86. The lowest BCUT2D eigenvalue weighted by molar-refractivity contribution is -0.133. The fourth-order valence-electron chi connectivity index (χ4n) is 7.77. The molecule has 1 unspecified atom stereocenters. The SMILES string of the molecule is COc1ccc([Si](C)(C)C(CC(=O)N(CCO)Cc2ccccc2)[C@H]2Oc3ccc(N4C(=O)CCc5ccccc54)cc3[C@@H](OC)[C@@H]2C)cc1. The number of carbonyl (C=O) groups is 2. The average Bonchev–Trinajstić information content (AvgIpc) is 3.13. The first-order valence-corrected chi connectivity index (χ1v) is 20.5. The minimum absolute atomic E-state index is 0.0184. The number of nitrogens with zero attached hydrogens (tertiary/aromatic N) is 2. The summed E-state index contributed by atoms with van der Waals surface area (Å²) in [5, 5.41) is 11.2. The summed E-state index contributed by atoms with van der Waals surface area (Å²) in [4.78, 5) is 31.2. The van der Waals surface area contributed by atoms with Crippen molar-refractivity contribution in [2.24, 2.45) is 5.92 Å². The Hall–Kier alpha value is -4.44. The number of methoxy groups -OCH3 is 2. The van der Waals surface area contributed by atoms with Crippen LogP contribution >= 0.6 is 0 Å². The van der Waals surface area contributed by atoms with Crippen molar-refractivity contribution in [1.29, 1.82) is 0 Å². The normalized spacial score (nSPS) is 19.2. The minimum Gasteiger partial charge on any atom is -0.497 e. The summed E-state index contributed by atoms with van der Waals surface area (Å²) in [6.45, 7) is 7.29. The van der Waals surface area contributed by atoms with Crippen LogP contribution in [0.1, 0.15) is 42.6 Å². The third-order valence-corrected chi connectivity index (χ3v) is 14.9. The van der Waals surface area contributed by atoms with Gasteiger partial charge in [0.25, 0.3) is 0 Å². The van der Waals surface area contributed by atoms with E-state index in [1.807, 2.05) is 83.8 Å². The van der Waals surface area contributed by atoms with Crippen LogP contribution < -0.4 is 19.6 Å². The summed E-state index contributed by atoms with van der Waals surface area (Å²) in [5.74, 6) is 1.42. The molecular weight excluding hydrogens is 645 g/mol. The number of anilines is 2. The number of carbonyl (C=O) groups excluding carboxylic acids is 2. The Morgan fingerprint density at radius 2 is 1.70 bits per heavy atom. The first-order chi connectivity index (χ1) is 24.2. The fraction of sp³-hybridized carbons (Fsp3) is 0.366. The maximum absolute atomic E-state index is 14.3. The molecule has 0 aliphatic carbocycles. The van der Waals surface area contributed by atoms with Gasteiger partial charge >= 0.3 is 0 Å². The molecule has 2 aliphatic heterocycles. The van der Waals surface area contributed by atoms with Crippen molar-refractivity contribution in [2.45, 2.75) is 63.6 Å². The van der Waals surface area contributed by atoms with Crippen LogP contribution in [0.15, 0.2) is 97.1 Å². The van der Waals surface area contributed by atoms with Gasteiger partial charge in [-0.1, -0.05) is 85.9 Å². The van der Waals surface area contributed by atoms with E-state index in [2.05, 4.69) is 38.2 Å². The number of aryl methyl sites for hydroxylation is 1. The van der Waals surface area contributed by atoms with Crippen LogP contribution in [-0.4, -0.2) is 63.4 Å². The van der Waals surface area contributed by atoms with Crippen molar-refractivity contribution < 1.29 is 28.9 Å². The van der Waals surface area contributed by atoms with Crippen LogP contribution in [0.2, 0.25) is 18.6 Å². The highest BCUT2D eigenvalue weighted by Gasteiger charge is 2.48. The molecule has 1 N–H and O–H groups in total. The summed E-state index contributed by atoms with van der Waals surface area (Å²) < 4.78 is 18.7. The van der Waals surface area contributed by atoms with Crippen LogP contribution in [0.4, 0.5) is 11.4 Å². The third kappa shape index (κ3) is 7.08. The van der Waals surface area contributed by atoms with E-state index >= 15 is 0 Å². The van der Waals surface area contributed by atoms with Crippen molar-refractivity contribution in [3.63, 3.8) is 0 Å². The second-order valence-corrected chi connectivity index (χ2v) is 18.7. The quantitative estimate of drug-likeness (QED) is 0.165. The Morgan fingerprint density at radius 3 is 2.40 bits per heavy atom. The number of benzene rings is 4. The standard InChI is InChI=1S/C41H48N2O6Si/c1-28-40(48-3)34-25-31(43-35-14-10-9-13-30(35)15-22-38(43)45)16-21-36(34)49-41(28)37(50(4,5)33-19-17-32(47-2)18-20-33)26-39(46)42(23-24-44)27-29-11-7-6-8-12-29/h6-14,16-21,25,28,37,40-41,44H,15,22-24,26-27H2,1-5H3/t28-,37?,40-,41-/m0/s1. The number of para-hydroxylation sites is 1. The molecule has 6 rings (SSSR count). The smallest absolute Gasteiger partial charge is 0.231 e.